The Morgan fingerprint density at radius 1 is 0.912 bits per heavy atom. The van der Waals surface area contributed by atoms with E-state index in [0.717, 1.165) is 32.6 Å². The Balaban J connectivity index is 1.48. The molecular formula is C25H21FN4O2S2. The van der Waals surface area contributed by atoms with Crippen LogP contribution in [0.15, 0.2) is 87.6 Å². The van der Waals surface area contributed by atoms with Gasteiger partial charge in [-0.05, 0) is 42.5 Å². The van der Waals surface area contributed by atoms with Crippen molar-refractivity contribution in [1.29, 1.82) is 0 Å². The van der Waals surface area contributed by atoms with Gasteiger partial charge in [0.2, 0.25) is 5.78 Å². The Labute approximate surface area is 203 Å². The summed E-state index contributed by atoms with van der Waals surface area (Å²) in [4.78, 5) is 14.4. The highest BCUT2D eigenvalue weighted by atomic mass is 32.2. The van der Waals surface area contributed by atoms with Crippen molar-refractivity contribution in [2.24, 2.45) is 0 Å². The van der Waals surface area contributed by atoms with Crippen LogP contribution in [0.25, 0.3) is 16.7 Å². The number of fused-ring (bicyclic) bond motifs is 3. The number of hydrogen-bond donors (Lipinski definition) is 0. The van der Waals surface area contributed by atoms with E-state index >= 15 is 0 Å². The van der Waals surface area contributed by atoms with E-state index in [-0.39, 0.29) is 11.4 Å². The van der Waals surface area contributed by atoms with Gasteiger partial charge in [0, 0.05) is 22.0 Å². The van der Waals surface area contributed by atoms with E-state index in [1.807, 2.05) is 52.9 Å². The van der Waals surface area contributed by atoms with Crippen molar-refractivity contribution in [2.45, 2.75) is 16.6 Å². The molecule has 34 heavy (non-hydrogen) atoms. The van der Waals surface area contributed by atoms with Gasteiger partial charge in [0.15, 0.2) is 5.16 Å². The first-order valence-corrected chi connectivity index (χ1v) is 12.6. The van der Waals surface area contributed by atoms with Crippen LogP contribution in [0, 0.1) is 5.82 Å². The lowest BCUT2D eigenvalue weighted by atomic mass is 10.2. The van der Waals surface area contributed by atoms with Crippen LogP contribution in [0.2, 0.25) is 0 Å². The number of para-hydroxylation sites is 2. The summed E-state index contributed by atoms with van der Waals surface area (Å²) < 4.78 is 22.2. The molecule has 0 aliphatic heterocycles. The second-order valence-electron chi connectivity index (χ2n) is 7.49. The van der Waals surface area contributed by atoms with Gasteiger partial charge in [0.1, 0.15) is 11.6 Å². The number of halogens is 1. The summed E-state index contributed by atoms with van der Waals surface area (Å²) in [7, 11) is 1.62. The van der Waals surface area contributed by atoms with Crippen LogP contribution < -0.4 is 10.3 Å². The zero-order valence-corrected chi connectivity index (χ0v) is 20.0. The second-order valence-corrected chi connectivity index (χ2v) is 9.72. The molecule has 0 radical (unpaired) electrons. The summed E-state index contributed by atoms with van der Waals surface area (Å²) in [6.45, 7) is 0.320. The molecular weight excluding hydrogens is 471 g/mol. The molecule has 6 nitrogen and oxygen atoms in total. The third kappa shape index (κ3) is 4.41. The van der Waals surface area contributed by atoms with E-state index in [1.165, 1.54) is 12.1 Å². The lowest BCUT2D eigenvalue weighted by molar-refractivity contribution is 0.408. The number of ether oxygens (including phenoxy) is 1. The van der Waals surface area contributed by atoms with Crippen molar-refractivity contribution in [1.82, 2.24) is 19.2 Å². The Morgan fingerprint density at radius 3 is 2.47 bits per heavy atom. The molecule has 3 aromatic carbocycles. The zero-order valence-electron chi connectivity index (χ0n) is 18.3. The molecule has 5 aromatic rings. The highest BCUT2D eigenvalue weighted by Gasteiger charge is 2.18. The maximum Gasteiger partial charge on any atom is 0.263 e. The summed E-state index contributed by atoms with van der Waals surface area (Å²) in [6, 6.07) is 21.6. The molecule has 0 aliphatic carbocycles. The Kier molecular flexibility index (Phi) is 6.55. The first kappa shape index (κ1) is 22.5. The van der Waals surface area contributed by atoms with Gasteiger partial charge in [0.05, 0.1) is 24.6 Å². The molecule has 9 heteroatoms. The third-order valence-electron chi connectivity index (χ3n) is 5.40. The van der Waals surface area contributed by atoms with Crippen molar-refractivity contribution < 1.29 is 9.13 Å². The summed E-state index contributed by atoms with van der Waals surface area (Å²) in [5, 5.41) is 10.1. The predicted molar refractivity (Wildman–Crippen MR) is 135 cm³/mol. The first-order chi connectivity index (χ1) is 16.7. The van der Waals surface area contributed by atoms with Gasteiger partial charge in [-0.25, -0.2) is 4.39 Å². The van der Waals surface area contributed by atoms with Gasteiger partial charge in [-0.2, -0.15) is 0 Å². The quantitative estimate of drug-likeness (QED) is 0.221. The Morgan fingerprint density at radius 2 is 1.65 bits per heavy atom. The molecule has 0 fully saturated rings. The lowest BCUT2D eigenvalue weighted by Crippen LogP contribution is -2.24. The van der Waals surface area contributed by atoms with Crippen molar-refractivity contribution in [2.75, 3.05) is 18.6 Å². The predicted octanol–water partition coefficient (Wildman–Crippen LogP) is 5.12. The summed E-state index contributed by atoms with van der Waals surface area (Å²) >= 11 is 3.23. The molecule has 0 saturated carbocycles. The van der Waals surface area contributed by atoms with Gasteiger partial charge in [-0.3, -0.25) is 13.8 Å². The lowest BCUT2D eigenvalue weighted by Gasteiger charge is -2.13. The Bertz CT molecular complexity index is 1520. The molecule has 0 bridgehead atoms. The smallest absolute Gasteiger partial charge is 0.263 e. The van der Waals surface area contributed by atoms with Crippen LogP contribution in [0.3, 0.4) is 0 Å². The fraction of sp³-hybridized carbons (Fsp3) is 0.160. The minimum atomic E-state index is -0.236. The molecule has 0 aliphatic rings. The monoisotopic (exact) mass is 492 g/mol. The Hall–Kier alpha value is -3.30. The molecule has 5 rings (SSSR count). The van der Waals surface area contributed by atoms with E-state index in [4.69, 9.17) is 4.74 Å². The zero-order chi connectivity index (χ0) is 23.5. The standard InChI is InChI=1S/C25H21FN4O2S2/c1-32-22-9-5-2-6-17(22)16-29-23(31)20-7-3-4-8-21(20)30-24(29)27-28-25(30)34-15-14-33-19-12-10-18(26)11-13-19/h2-13H,14-16H2,1H3. The molecule has 0 unspecified atom stereocenters. The van der Waals surface area contributed by atoms with Crippen LogP contribution in [0.1, 0.15) is 5.56 Å². The normalized spacial score (nSPS) is 11.4. The van der Waals surface area contributed by atoms with E-state index < -0.39 is 0 Å². The van der Waals surface area contributed by atoms with Crippen molar-refractivity contribution in [3.8, 4) is 5.75 Å². The highest BCUT2D eigenvalue weighted by Crippen LogP contribution is 2.26. The van der Waals surface area contributed by atoms with Gasteiger partial charge in [-0.15, -0.1) is 22.0 Å². The molecule has 2 heterocycles. The number of nitrogens with zero attached hydrogens (tertiary/aromatic N) is 4. The minimum absolute atomic E-state index is 0.121. The van der Waals surface area contributed by atoms with E-state index in [1.54, 1.807) is 47.3 Å². The minimum Gasteiger partial charge on any atom is -0.496 e. The number of thioether (sulfide) groups is 2. The van der Waals surface area contributed by atoms with Crippen LogP contribution in [-0.4, -0.2) is 37.8 Å². The molecule has 0 atom stereocenters. The fourth-order valence-electron chi connectivity index (χ4n) is 3.80. The fourth-order valence-corrected chi connectivity index (χ4v) is 5.62. The van der Waals surface area contributed by atoms with Crippen molar-refractivity contribution in [3.63, 3.8) is 0 Å². The van der Waals surface area contributed by atoms with Crippen LogP contribution >= 0.6 is 23.5 Å². The van der Waals surface area contributed by atoms with Crippen LogP contribution in [0.4, 0.5) is 4.39 Å². The van der Waals surface area contributed by atoms with E-state index in [0.29, 0.717) is 23.5 Å². The highest BCUT2D eigenvalue weighted by molar-refractivity contribution is 8.02. The molecule has 172 valence electrons. The number of aromatic nitrogens is 4. The molecule has 0 saturated heterocycles. The van der Waals surface area contributed by atoms with Crippen molar-refractivity contribution in [3.05, 3.63) is 94.5 Å². The van der Waals surface area contributed by atoms with Gasteiger partial charge < -0.3 is 4.74 Å². The van der Waals surface area contributed by atoms with Crippen LogP contribution in [0.5, 0.6) is 5.75 Å². The summed E-state index contributed by atoms with van der Waals surface area (Å²) in [5.74, 6) is 2.57. The number of hydrogen-bond acceptors (Lipinski definition) is 6. The average molecular weight is 493 g/mol. The maximum atomic E-state index is 13.4. The largest absolute Gasteiger partial charge is 0.496 e. The molecule has 2 aromatic heterocycles. The molecule has 0 spiro atoms. The van der Waals surface area contributed by atoms with E-state index in [2.05, 4.69) is 10.2 Å². The third-order valence-corrected chi connectivity index (χ3v) is 7.60. The van der Waals surface area contributed by atoms with Gasteiger partial charge in [-0.1, -0.05) is 42.1 Å². The molecule has 0 amide bonds. The molecule has 0 N–H and O–H groups in total. The van der Waals surface area contributed by atoms with Crippen LogP contribution in [-0.2, 0) is 6.54 Å². The summed E-state index contributed by atoms with van der Waals surface area (Å²) in [5.41, 5.74) is 1.54. The van der Waals surface area contributed by atoms with Gasteiger partial charge in [0.25, 0.3) is 5.56 Å². The average Bonchev–Trinajstić information content (AvgIpc) is 3.29. The van der Waals surface area contributed by atoms with Gasteiger partial charge >= 0.3 is 0 Å². The number of rotatable bonds is 8. The van der Waals surface area contributed by atoms with Crippen molar-refractivity contribution >= 4 is 40.2 Å². The second kappa shape index (κ2) is 9.90. The topological polar surface area (TPSA) is 61.4 Å². The number of benzene rings is 3. The first-order valence-electron chi connectivity index (χ1n) is 10.7. The summed E-state index contributed by atoms with van der Waals surface area (Å²) in [6.07, 6.45) is 0. The van der Waals surface area contributed by atoms with E-state index in [9.17, 15) is 9.18 Å². The SMILES string of the molecule is COc1ccccc1Cn1c(=O)c2ccccc2n2c(SCCSc3ccc(F)cc3)nnc12. The number of methoxy groups -OCH3 is 1. The maximum absolute atomic E-state index is 13.4.